The molecule has 2 aromatic rings. The maximum atomic E-state index is 9.36. The van der Waals surface area contributed by atoms with E-state index in [1.54, 1.807) is 6.20 Å². The number of aromatic nitrogens is 1. The molecule has 4 heteroatoms. The van der Waals surface area contributed by atoms with Crippen molar-refractivity contribution in [1.29, 1.82) is 5.26 Å². The van der Waals surface area contributed by atoms with E-state index in [0.717, 1.165) is 29.7 Å². The molecule has 0 amide bonds. The molecule has 1 fully saturated rings. The Hall–Kier alpha value is -2.12. The zero-order valence-electron chi connectivity index (χ0n) is 12.3. The number of para-hydroxylation sites is 1. The van der Waals surface area contributed by atoms with Crippen LogP contribution in [0.1, 0.15) is 25.3 Å². The summed E-state index contributed by atoms with van der Waals surface area (Å²) in [5.41, 5.74) is 2.46. The van der Waals surface area contributed by atoms with E-state index in [-0.39, 0.29) is 0 Å². The minimum Gasteiger partial charge on any atom is -0.381 e. The van der Waals surface area contributed by atoms with Crippen LogP contribution in [-0.2, 0) is 0 Å². The quantitative estimate of drug-likeness (QED) is 0.907. The van der Waals surface area contributed by atoms with Crippen LogP contribution < -0.4 is 10.6 Å². The molecule has 1 aromatic carbocycles. The molecule has 0 spiro atoms. The number of piperidine rings is 1. The number of anilines is 1. The van der Waals surface area contributed by atoms with Gasteiger partial charge in [0.1, 0.15) is 6.07 Å². The Morgan fingerprint density at radius 3 is 3.05 bits per heavy atom. The Kier molecular flexibility index (Phi) is 4.03. The zero-order chi connectivity index (χ0) is 14.7. The van der Waals surface area contributed by atoms with Gasteiger partial charge < -0.3 is 10.6 Å². The maximum absolute atomic E-state index is 9.36. The van der Waals surface area contributed by atoms with Crippen LogP contribution in [-0.4, -0.2) is 24.1 Å². The molecule has 1 aromatic heterocycles. The molecule has 0 radical (unpaired) electrons. The predicted molar refractivity (Wildman–Crippen MR) is 85.1 cm³/mol. The van der Waals surface area contributed by atoms with E-state index in [2.05, 4.69) is 28.6 Å². The van der Waals surface area contributed by atoms with Gasteiger partial charge in [-0.1, -0.05) is 18.2 Å². The van der Waals surface area contributed by atoms with Crippen LogP contribution in [0.4, 0.5) is 5.69 Å². The van der Waals surface area contributed by atoms with Gasteiger partial charge in [0.15, 0.2) is 0 Å². The van der Waals surface area contributed by atoms with Gasteiger partial charge in [-0.3, -0.25) is 4.98 Å². The van der Waals surface area contributed by atoms with Gasteiger partial charge in [0.2, 0.25) is 0 Å². The smallest absolute Gasteiger partial charge is 0.103 e. The van der Waals surface area contributed by atoms with Crippen LogP contribution in [0.2, 0.25) is 0 Å². The highest BCUT2D eigenvalue weighted by Crippen LogP contribution is 2.28. The van der Waals surface area contributed by atoms with Crippen molar-refractivity contribution in [2.24, 2.45) is 5.92 Å². The third-order valence-corrected chi connectivity index (χ3v) is 4.31. The van der Waals surface area contributed by atoms with E-state index in [0.29, 0.717) is 17.5 Å². The lowest BCUT2D eigenvalue weighted by atomic mass is 9.92. The second-order valence-corrected chi connectivity index (χ2v) is 5.72. The SMILES string of the molecule is CC(Nc1c(C#N)cnc2ccccc12)C1CCCNC1. The first-order valence-electron chi connectivity index (χ1n) is 7.54. The predicted octanol–water partition coefficient (Wildman–Crippen LogP) is 2.91. The number of hydrogen-bond acceptors (Lipinski definition) is 4. The van der Waals surface area contributed by atoms with Crippen molar-refractivity contribution in [3.05, 3.63) is 36.0 Å². The van der Waals surface area contributed by atoms with Gasteiger partial charge in [-0.2, -0.15) is 5.26 Å². The minimum absolute atomic E-state index is 0.329. The Morgan fingerprint density at radius 2 is 2.29 bits per heavy atom. The molecule has 4 nitrogen and oxygen atoms in total. The summed E-state index contributed by atoms with van der Waals surface area (Å²) in [6, 6.07) is 10.6. The third-order valence-electron chi connectivity index (χ3n) is 4.31. The second-order valence-electron chi connectivity index (χ2n) is 5.72. The van der Waals surface area contributed by atoms with Crippen LogP contribution >= 0.6 is 0 Å². The van der Waals surface area contributed by atoms with Crippen molar-refractivity contribution in [1.82, 2.24) is 10.3 Å². The Labute approximate surface area is 125 Å². The maximum Gasteiger partial charge on any atom is 0.103 e. The minimum atomic E-state index is 0.329. The van der Waals surface area contributed by atoms with Crippen LogP contribution in [0.15, 0.2) is 30.5 Å². The molecule has 108 valence electrons. The fourth-order valence-electron chi connectivity index (χ4n) is 3.03. The summed E-state index contributed by atoms with van der Waals surface area (Å²) in [7, 11) is 0. The number of nitrogens with zero attached hydrogens (tertiary/aromatic N) is 2. The van der Waals surface area contributed by atoms with Gasteiger partial charge in [0.25, 0.3) is 0 Å². The number of hydrogen-bond donors (Lipinski definition) is 2. The Morgan fingerprint density at radius 1 is 1.43 bits per heavy atom. The highest BCUT2D eigenvalue weighted by atomic mass is 15.0. The number of pyridine rings is 1. The topological polar surface area (TPSA) is 60.7 Å². The van der Waals surface area contributed by atoms with Crippen molar-refractivity contribution in [2.75, 3.05) is 18.4 Å². The van der Waals surface area contributed by atoms with Gasteiger partial charge in [0.05, 0.1) is 16.8 Å². The number of nitrogens with one attached hydrogen (secondary N) is 2. The molecule has 2 heterocycles. The largest absolute Gasteiger partial charge is 0.381 e. The lowest BCUT2D eigenvalue weighted by molar-refractivity contribution is 0.347. The molecular formula is C17H20N4. The molecule has 3 rings (SSSR count). The number of nitriles is 1. The molecule has 2 atom stereocenters. The molecule has 21 heavy (non-hydrogen) atoms. The van der Waals surface area contributed by atoms with E-state index >= 15 is 0 Å². The third kappa shape index (κ3) is 2.84. The summed E-state index contributed by atoms with van der Waals surface area (Å²) in [4.78, 5) is 4.36. The highest BCUT2D eigenvalue weighted by molar-refractivity contribution is 5.93. The average Bonchev–Trinajstić information content (AvgIpc) is 2.56. The molecular weight excluding hydrogens is 260 g/mol. The van der Waals surface area contributed by atoms with Gasteiger partial charge in [-0.15, -0.1) is 0 Å². The van der Waals surface area contributed by atoms with Gasteiger partial charge in [0, 0.05) is 17.6 Å². The fourth-order valence-corrected chi connectivity index (χ4v) is 3.03. The second kappa shape index (κ2) is 6.11. The van der Waals surface area contributed by atoms with Crippen molar-refractivity contribution in [2.45, 2.75) is 25.8 Å². The van der Waals surface area contributed by atoms with Gasteiger partial charge in [-0.25, -0.2) is 0 Å². The molecule has 1 saturated heterocycles. The zero-order valence-corrected chi connectivity index (χ0v) is 12.3. The first-order chi connectivity index (χ1) is 10.3. The first kappa shape index (κ1) is 13.8. The molecule has 2 N–H and O–H groups in total. The summed E-state index contributed by atoms with van der Waals surface area (Å²) >= 11 is 0. The summed E-state index contributed by atoms with van der Waals surface area (Å²) in [5.74, 6) is 0.595. The van der Waals surface area contributed by atoms with E-state index < -0.39 is 0 Å². The Bertz CT molecular complexity index is 668. The summed E-state index contributed by atoms with van der Waals surface area (Å²) < 4.78 is 0. The van der Waals surface area contributed by atoms with E-state index in [9.17, 15) is 5.26 Å². The lowest BCUT2D eigenvalue weighted by Gasteiger charge is -2.30. The average molecular weight is 280 g/mol. The first-order valence-corrected chi connectivity index (χ1v) is 7.54. The molecule has 0 saturated carbocycles. The van der Waals surface area contributed by atoms with Crippen LogP contribution in [0.25, 0.3) is 10.9 Å². The molecule has 1 aliphatic heterocycles. The van der Waals surface area contributed by atoms with E-state index in [1.807, 2.05) is 24.3 Å². The summed E-state index contributed by atoms with van der Waals surface area (Å²) in [5, 5.41) is 17.4. The normalized spacial score (nSPS) is 19.9. The molecule has 2 unspecified atom stereocenters. The van der Waals surface area contributed by atoms with Crippen LogP contribution in [0, 0.1) is 17.2 Å². The van der Waals surface area contributed by atoms with Gasteiger partial charge >= 0.3 is 0 Å². The standard InChI is InChI=1S/C17H20N4/c1-12(13-5-4-8-19-10-13)21-17-14(9-18)11-20-16-7-3-2-6-15(16)17/h2-3,6-7,11-13,19H,4-5,8,10H2,1H3,(H,20,21). The lowest BCUT2D eigenvalue weighted by Crippen LogP contribution is -2.38. The number of rotatable bonds is 3. The highest BCUT2D eigenvalue weighted by Gasteiger charge is 2.21. The fraction of sp³-hybridized carbons (Fsp3) is 0.412. The van der Waals surface area contributed by atoms with Crippen molar-refractivity contribution < 1.29 is 0 Å². The van der Waals surface area contributed by atoms with E-state index in [4.69, 9.17) is 0 Å². The molecule has 1 aliphatic rings. The molecule has 0 aliphatic carbocycles. The van der Waals surface area contributed by atoms with Crippen molar-refractivity contribution in [3.63, 3.8) is 0 Å². The summed E-state index contributed by atoms with van der Waals surface area (Å²) in [6.07, 6.45) is 4.11. The van der Waals surface area contributed by atoms with E-state index in [1.165, 1.54) is 12.8 Å². The van der Waals surface area contributed by atoms with Crippen LogP contribution in [0.3, 0.4) is 0 Å². The van der Waals surface area contributed by atoms with Crippen LogP contribution in [0.5, 0.6) is 0 Å². The Balaban J connectivity index is 1.93. The van der Waals surface area contributed by atoms with Crippen molar-refractivity contribution >= 4 is 16.6 Å². The van der Waals surface area contributed by atoms with Crippen molar-refractivity contribution in [3.8, 4) is 6.07 Å². The monoisotopic (exact) mass is 280 g/mol. The number of benzene rings is 1. The number of fused-ring (bicyclic) bond motifs is 1. The van der Waals surface area contributed by atoms with Gasteiger partial charge in [-0.05, 0) is 44.8 Å². The summed E-state index contributed by atoms with van der Waals surface area (Å²) in [6.45, 7) is 4.36. The molecule has 0 bridgehead atoms.